The molecule has 0 fully saturated rings. The molecule has 0 amide bonds. The number of esters is 1. The van der Waals surface area contributed by atoms with Crippen molar-refractivity contribution in [2.24, 2.45) is 0 Å². The fourth-order valence-electron chi connectivity index (χ4n) is 1.63. The number of ether oxygens (including phenoxy) is 1. The molecule has 5 heteroatoms. The molecule has 1 heterocycles. The molecule has 1 atom stereocenters. The van der Waals surface area contributed by atoms with E-state index >= 15 is 0 Å². The van der Waals surface area contributed by atoms with Gasteiger partial charge in [-0.1, -0.05) is 18.2 Å². The standard InChI is InChI=1S/C14H13NO3S/c1-18-14(16)12-8-5-9-15-13(12)10-19(17)11-6-3-2-4-7-11/h2-9H,10H2,1H3. The van der Waals surface area contributed by atoms with Gasteiger partial charge in [-0.25, -0.2) is 4.79 Å². The number of nitrogens with zero attached hydrogens (tertiary/aromatic N) is 1. The maximum absolute atomic E-state index is 12.2. The number of hydrogen-bond acceptors (Lipinski definition) is 4. The van der Waals surface area contributed by atoms with Crippen molar-refractivity contribution in [3.63, 3.8) is 0 Å². The Morgan fingerprint density at radius 2 is 1.95 bits per heavy atom. The normalized spacial score (nSPS) is 11.8. The van der Waals surface area contributed by atoms with Crippen molar-refractivity contribution in [1.82, 2.24) is 4.98 Å². The van der Waals surface area contributed by atoms with E-state index < -0.39 is 16.8 Å². The highest BCUT2D eigenvalue weighted by molar-refractivity contribution is 7.84. The Labute approximate surface area is 113 Å². The molecule has 2 aromatic rings. The number of benzene rings is 1. The molecule has 1 unspecified atom stereocenters. The van der Waals surface area contributed by atoms with E-state index in [0.29, 0.717) is 16.2 Å². The molecule has 0 saturated carbocycles. The maximum Gasteiger partial charge on any atom is 0.339 e. The van der Waals surface area contributed by atoms with Crippen molar-refractivity contribution in [2.45, 2.75) is 10.6 Å². The highest BCUT2D eigenvalue weighted by Gasteiger charge is 2.15. The predicted octanol–water partition coefficient (Wildman–Crippen LogP) is 2.18. The summed E-state index contributed by atoms with van der Waals surface area (Å²) in [5.74, 6) is -0.275. The molecular formula is C14H13NO3S. The van der Waals surface area contributed by atoms with E-state index in [2.05, 4.69) is 9.72 Å². The third-order valence-corrected chi connectivity index (χ3v) is 3.90. The Bertz CT molecular complexity index is 599. The molecule has 0 N–H and O–H groups in total. The van der Waals surface area contributed by atoms with Crippen LogP contribution in [0.1, 0.15) is 16.1 Å². The zero-order valence-electron chi connectivity index (χ0n) is 10.4. The number of pyridine rings is 1. The van der Waals surface area contributed by atoms with Crippen LogP contribution in [0.15, 0.2) is 53.6 Å². The van der Waals surface area contributed by atoms with Crippen molar-refractivity contribution in [3.8, 4) is 0 Å². The summed E-state index contributed by atoms with van der Waals surface area (Å²) in [7, 11) is 0.0793. The van der Waals surface area contributed by atoms with Crippen molar-refractivity contribution in [1.29, 1.82) is 0 Å². The lowest BCUT2D eigenvalue weighted by molar-refractivity contribution is 0.0599. The van der Waals surface area contributed by atoms with Crippen LogP contribution < -0.4 is 0 Å². The molecule has 0 aliphatic rings. The van der Waals surface area contributed by atoms with E-state index in [0.717, 1.165) is 0 Å². The van der Waals surface area contributed by atoms with Crippen LogP contribution in [0.2, 0.25) is 0 Å². The number of aromatic nitrogens is 1. The van der Waals surface area contributed by atoms with Crippen molar-refractivity contribution in [3.05, 3.63) is 59.9 Å². The first-order valence-corrected chi connectivity index (χ1v) is 7.00. The lowest BCUT2D eigenvalue weighted by atomic mass is 10.2. The fraction of sp³-hybridized carbons (Fsp3) is 0.143. The Hall–Kier alpha value is -2.01. The van der Waals surface area contributed by atoms with E-state index in [1.807, 2.05) is 18.2 Å². The van der Waals surface area contributed by atoms with Gasteiger partial charge in [0, 0.05) is 11.1 Å². The zero-order chi connectivity index (χ0) is 13.7. The van der Waals surface area contributed by atoms with E-state index in [1.165, 1.54) is 7.11 Å². The average Bonchev–Trinajstić information content (AvgIpc) is 2.48. The fourth-order valence-corrected chi connectivity index (χ4v) is 2.73. The zero-order valence-corrected chi connectivity index (χ0v) is 11.2. The lowest BCUT2D eigenvalue weighted by Gasteiger charge is -2.06. The molecule has 0 aliphatic carbocycles. The minimum atomic E-state index is -1.23. The third kappa shape index (κ3) is 3.26. The first-order valence-electron chi connectivity index (χ1n) is 5.68. The predicted molar refractivity (Wildman–Crippen MR) is 72.1 cm³/mol. The van der Waals surface area contributed by atoms with Crippen LogP contribution in [0.4, 0.5) is 0 Å². The van der Waals surface area contributed by atoms with E-state index in [-0.39, 0.29) is 5.75 Å². The highest BCUT2D eigenvalue weighted by Crippen LogP contribution is 2.14. The molecule has 0 bridgehead atoms. The second-order valence-corrected chi connectivity index (χ2v) is 5.24. The van der Waals surface area contributed by atoms with Crippen LogP contribution in [0, 0.1) is 0 Å². The Kier molecular flexibility index (Phi) is 4.41. The summed E-state index contributed by atoms with van der Waals surface area (Å²) in [4.78, 5) is 16.4. The van der Waals surface area contributed by atoms with Gasteiger partial charge in [0.2, 0.25) is 0 Å². The van der Waals surface area contributed by atoms with E-state index in [4.69, 9.17) is 0 Å². The van der Waals surface area contributed by atoms with Gasteiger partial charge in [0.15, 0.2) is 0 Å². The van der Waals surface area contributed by atoms with Crippen LogP contribution >= 0.6 is 0 Å². The summed E-state index contributed by atoms with van der Waals surface area (Å²) < 4.78 is 16.9. The highest BCUT2D eigenvalue weighted by atomic mass is 32.2. The number of hydrogen-bond donors (Lipinski definition) is 0. The van der Waals surface area contributed by atoms with Crippen molar-refractivity contribution in [2.75, 3.05) is 7.11 Å². The molecule has 98 valence electrons. The van der Waals surface area contributed by atoms with Crippen LogP contribution in [-0.2, 0) is 21.3 Å². The molecule has 0 spiro atoms. The Balaban J connectivity index is 2.25. The topological polar surface area (TPSA) is 56.3 Å². The van der Waals surface area contributed by atoms with E-state index in [9.17, 15) is 9.00 Å². The molecule has 1 aromatic carbocycles. The Morgan fingerprint density at radius 1 is 1.21 bits per heavy atom. The van der Waals surface area contributed by atoms with Gasteiger partial charge in [-0.05, 0) is 24.3 Å². The van der Waals surface area contributed by atoms with E-state index in [1.54, 1.807) is 30.5 Å². The van der Waals surface area contributed by atoms with Gasteiger partial charge in [0.05, 0.1) is 34.9 Å². The minimum absolute atomic E-state index is 0.190. The molecular weight excluding hydrogens is 262 g/mol. The number of carbonyl (C=O) groups excluding carboxylic acids is 1. The monoisotopic (exact) mass is 275 g/mol. The summed E-state index contributed by atoms with van der Waals surface area (Å²) in [6.07, 6.45) is 1.57. The number of rotatable bonds is 4. The minimum Gasteiger partial charge on any atom is -0.465 e. The van der Waals surface area contributed by atoms with Gasteiger partial charge in [-0.15, -0.1) is 0 Å². The lowest BCUT2D eigenvalue weighted by Crippen LogP contribution is -2.09. The van der Waals surface area contributed by atoms with Crippen molar-refractivity contribution < 1.29 is 13.7 Å². The quantitative estimate of drug-likeness (QED) is 0.802. The summed E-state index contributed by atoms with van der Waals surface area (Å²) in [6.45, 7) is 0. The van der Waals surface area contributed by atoms with Gasteiger partial charge < -0.3 is 4.74 Å². The Morgan fingerprint density at radius 3 is 2.63 bits per heavy atom. The summed E-state index contributed by atoms with van der Waals surface area (Å²) in [6, 6.07) is 12.4. The summed E-state index contributed by atoms with van der Waals surface area (Å²) >= 11 is 0. The molecule has 19 heavy (non-hydrogen) atoms. The average molecular weight is 275 g/mol. The number of carbonyl (C=O) groups is 1. The summed E-state index contributed by atoms with van der Waals surface area (Å²) in [5, 5.41) is 0. The number of methoxy groups -OCH3 is 1. The first kappa shape index (κ1) is 13.4. The molecule has 0 aliphatic heterocycles. The smallest absolute Gasteiger partial charge is 0.339 e. The summed E-state index contributed by atoms with van der Waals surface area (Å²) in [5.41, 5.74) is 0.839. The van der Waals surface area contributed by atoms with Gasteiger partial charge in [0.25, 0.3) is 0 Å². The second kappa shape index (κ2) is 6.24. The maximum atomic E-state index is 12.2. The van der Waals surface area contributed by atoms with Gasteiger partial charge in [-0.2, -0.15) is 0 Å². The van der Waals surface area contributed by atoms with Crippen molar-refractivity contribution >= 4 is 16.8 Å². The van der Waals surface area contributed by atoms with Gasteiger partial charge >= 0.3 is 5.97 Å². The third-order valence-electron chi connectivity index (χ3n) is 2.57. The SMILES string of the molecule is COC(=O)c1cccnc1CS(=O)c1ccccc1. The second-order valence-electron chi connectivity index (χ2n) is 3.79. The largest absolute Gasteiger partial charge is 0.465 e. The molecule has 0 saturated heterocycles. The molecule has 2 rings (SSSR count). The molecule has 4 nitrogen and oxygen atoms in total. The van der Waals surface area contributed by atoms with Crippen LogP contribution in [0.5, 0.6) is 0 Å². The molecule has 0 radical (unpaired) electrons. The van der Waals surface area contributed by atoms with Gasteiger partial charge in [-0.3, -0.25) is 9.19 Å². The molecule has 1 aromatic heterocycles. The first-order chi connectivity index (χ1) is 9.22. The van der Waals surface area contributed by atoms with Gasteiger partial charge in [0.1, 0.15) is 0 Å². The van der Waals surface area contributed by atoms with Crippen LogP contribution in [-0.4, -0.2) is 22.3 Å². The van der Waals surface area contributed by atoms with Crippen LogP contribution in [0.3, 0.4) is 0 Å². The van der Waals surface area contributed by atoms with Crippen LogP contribution in [0.25, 0.3) is 0 Å².